The van der Waals surface area contributed by atoms with Crippen LogP contribution in [0.5, 0.6) is 11.5 Å². The van der Waals surface area contributed by atoms with Crippen molar-refractivity contribution in [1.82, 2.24) is 0 Å². The SMILES string of the molecule is COc1ccc(OC)c2c1Nc1ccccc1S2. The van der Waals surface area contributed by atoms with E-state index >= 15 is 0 Å². The molecule has 4 heteroatoms. The largest absolute Gasteiger partial charge is 0.495 e. The molecule has 0 atom stereocenters. The standard InChI is InChI=1S/C14H13NO2S/c1-16-10-7-8-11(17-2)14-13(10)15-9-5-3-4-6-12(9)18-14/h3-8,15H,1-2H3. The fourth-order valence-corrected chi connectivity index (χ4v) is 3.10. The van der Waals surface area contributed by atoms with Crippen LogP contribution in [0.25, 0.3) is 0 Å². The van der Waals surface area contributed by atoms with Crippen LogP contribution >= 0.6 is 11.8 Å². The van der Waals surface area contributed by atoms with E-state index in [2.05, 4.69) is 17.4 Å². The number of nitrogens with one attached hydrogen (secondary N) is 1. The van der Waals surface area contributed by atoms with Gasteiger partial charge in [-0.1, -0.05) is 23.9 Å². The van der Waals surface area contributed by atoms with Crippen LogP contribution in [0.3, 0.4) is 0 Å². The molecule has 0 spiro atoms. The van der Waals surface area contributed by atoms with Crippen molar-refractivity contribution in [3.05, 3.63) is 36.4 Å². The highest BCUT2D eigenvalue weighted by molar-refractivity contribution is 7.99. The van der Waals surface area contributed by atoms with Crippen molar-refractivity contribution in [3.63, 3.8) is 0 Å². The average Bonchev–Trinajstić information content (AvgIpc) is 2.44. The van der Waals surface area contributed by atoms with Crippen molar-refractivity contribution in [1.29, 1.82) is 0 Å². The monoisotopic (exact) mass is 259 g/mol. The summed E-state index contributed by atoms with van der Waals surface area (Å²) < 4.78 is 10.8. The van der Waals surface area contributed by atoms with Crippen LogP contribution in [0.1, 0.15) is 0 Å². The molecule has 1 aliphatic rings. The molecule has 2 aromatic carbocycles. The van der Waals surface area contributed by atoms with E-state index in [0.717, 1.165) is 27.8 Å². The Labute approximate surface area is 110 Å². The maximum atomic E-state index is 5.41. The highest BCUT2D eigenvalue weighted by Crippen LogP contribution is 2.51. The number of ether oxygens (including phenoxy) is 2. The maximum Gasteiger partial charge on any atom is 0.143 e. The Kier molecular flexibility index (Phi) is 2.80. The lowest BCUT2D eigenvalue weighted by atomic mass is 10.2. The van der Waals surface area contributed by atoms with Crippen LogP contribution in [-0.2, 0) is 0 Å². The first-order valence-electron chi connectivity index (χ1n) is 5.62. The third kappa shape index (κ3) is 1.69. The van der Waals surface area contributed by atoms with E-state index in [0.29, 0.717) is 0 Å². The van der Waals surface area contributed by atoms with Gasteiger partial charge in [-0.15, -0.1) is 0 Å². The van der Waals surface area contributed by atoms with Gasteiger partial charge in [0.1, 0.15) is 11.5 Å². The first kappa shape index (κ1) is 11.3. The molecule has 0 amide bonds. The van der Waals surface area contributed by atoms with Gasteiger partial charge in [-0.3, -0.25) is 0 Å². The Bertz CT molecular complexity index is 546. The topological polar surface area (TPSA) is 30.5 Å². The summed E-state index contributed by atoms with van der Waals surface area (Å²) in [7, 11) is 3.36. The molecule has 0 radical (unpaired) electrons. The van der Waals surface area contributed by atoms with Gasteiger partial charge in [0.05, 0.1) is 30.5 Å². The molecule has 0 aliphatic carbocycles. The molecule has 0 bridgehead atoms. The Morgan fingerprint density at radius 3 is 2.44 bits per heavy atom. The van der Waals surface area contributed by atoms with Crippen LogP contribution in [0.15, 0.2) is 46.2 Å². The molecule has 1 heterocycles. The van der Waals surface area contributed by atoms with E-state index < -0.39 is 0 Å². The molecule has 0 saturated carbocycles. The lowest BCUT2D eigenvalue weighted by Crippen LogP contribution is -2.03. The van der Waals surface area contributed by atoms with Crippen molar-refractivity contribution < 1.29 is 9.47 Å². The van der Waals surface area contributed by atoms with Crippen molar-refractivity contribution >= 4 is 23.1 Å². The number of anilines is 2. The summed E-state index contributed by atoms with van der Waals surface area (Å²) in [5, 5.41) is 3.41. The quantitative estimate of drug-likeness (QED) is 0.755. The summed E-state index contributed by atoms with van der Waals surface area (Å²) in [6.07, 6.45) is 0. The zero-order valence-electron chi connectivity index (χ0n) is 10.2. The zero-order chi connectivity index (χ0) is 12.5. The third-order valence-electron chi connectivity index (χ3n) is 2.88. The van der Waals surface area contributed by atoms with Gasteiger partial charge in [-0.05, 0) is 24.3 Å². The van der Waals surface area contributed by atoms with E-state index in [-0.39, 0.29) is 0 Å². The first-order valence-corrected chi connectivity index (χ1v) is 6.44. The number of fused-ring (bicyclic) bond motifs is 2. The summed E-state index contributed by atoms with van der Waals surface area (Å²) in [5.74, 6) is 1.69. The normalized spacial score (nSPS) is 12.1. The van der Waals surface area contributed by atoms with Gasteiger partial charge in [0.15, 0.2) is 0 Å². The number of methoxy groups -OCH3 is 2. The van der Waals surface area contributed by atoms with Crippen molar-refractivity contribution in [2.75, 3.05) is 19.5 Å². The molecule has 18 heavy (non-hydrogen) atoms. The molecule has 3 nitrogen and oxygen atoms in total. The Balaban J connectivity index is 2.16. The highest BCUT2D eigenvalue weighted by Gasteiger charge is 2.22. The number of hydrogen-bond acceptors (Lipinski definition) is 4. The van der Waals surface area contributed by atoms with Crippen LogP contribution < -0.4 is 14.8 Å². The molecule has 0 fully saturated rings. The van der Waals surface area contributed by atoms with Gasteiger partial charge in [0, 0.05) is 4.90 Å². The van der Waals surface area contributed by atoms with Crippen LogP contribution in [-0.4, -0.2) is 14.2 Å². The molecule has 1 N–H and O–H groups in total. The van der Waals surface area contributed by atoms with E-state index in [9.17, 15) is 0 Å². The van der Waals surface area contributed by atoms with Crippen molar-refractivity contribution in [2.24, 2.45) is 0 Å². The lowest BCUT2D eigenvalue weighted by Gasteiger charge is -2.24. The van der Waals surface area contributed by atoms with E-state index in [1.807, 2.05) is 24.3 Å². The summed E-state index contributed by atoms with van der Waals surface area (Å²) in [5.41, 5.74) is 2.07. The molecular formula is C14H13NO2S. The minimum Gasteiger partial charge on any atom is -0.495 e. The number of hydrogen-bond donors (Lipinski definition) is 1. The number of rotatable bonds is 2. The molecule has 0 saturated heterocycles. The van der Waals surface area contributed by atoms with Gasteiger partial charge < -0.3 is 14.8 Å². The summed E-state index contributed by atoms with van der Waals surface area (Å²) in [6.45, 7) is 0. The van der Waals surface area contributed by atoms with Gasteiger partial charge >= 0.3 is 0 Å². The minimum absolute atomic E-state index is 0.827. The Hall–Kier alpha value is -1.81. The van der Waals surface area contributed by atoms with E-state index in [1.54, 1.807) is 26.0 Å². The second kappa shape index (κ2) is 4.46. The smallest absolute Gasteiger partial charge is 0.143 e. The van der Waals surface area contributed by atoms with Crippen LogP contribution in [0.2, 0.25) is 0 Å². The predicted octanol–water partition coefficient (Wildman–Crippen LogP) is 3.91. The van der Waals surface area contributed by atoms with E-state index in [4.69, 9.17) is 9.47 Å². The minimum atomic E-state index is 0.827. The van der Waals surface area contributed by atoms with Gasteiger partial charge in [0.25, 0.3) is 0 Å². The van der Waals surface area contributed by atoms with Gasteiger partial charge in [-0.25, -0.2) is 0 Å². The highest BCUT2D eigenvalue weighted by atomic mass is 32.2. The van der Waals surface area contributed by atoms with Crippen LogP contribution in [0.4, 0.5) is 11.4 Å². The van der Waals surface area contributed by atoms with Crippen LogP contribution in [0, 0.1) is 0 Å². The molecule has 0 aromatic heterocycles. The van der Waals surface area contributed by atoms with Gasteiger partial charge in [-0.2, -0.15) is 0 Å². The average molecular weight is 259 g/mol. The second-order valence-corrected chi connectivity index (χ2v) is 4.95. The first-order chi connectivity index (χ1) is 8.83. The summed E-state index contributed by atoms with van der Waals surface area (Å²) in [6, 6.07) is 12.0. The van der Waals surface area contributed by atoms with E-state index in [1.165, 1.54) is 4.90 Å². The molecule has 3 rings (SSSR count). The van der Waals surface area contributed by atoms with Gasteiger partial charge in [0.2, 0.25) is 0 Å². The predicted molar refractivity (Wildman–Crippen MR) is 73.4 cm³/mol. The molecular weight excluding hydrogens is 246 g/mol. The zero-order valence-corrected chi connectivity index (χ0v) is 11.0. The molecule has 0 unspecified atom stereocenters. The Morgan fingerprint density at radius 1 is 0.944 bits per heavy atom. The van der Waals surface area contributed by atoms with Crippen molar-refractivity contribution in [2.45, 2.75) is 9.79 Å². The third-order valence-corrected chi connectivity index (χ3v) is 4.07. The molecule has 2 aromatic rings. The van der Waals surface area contributed by atoms with Crippen molar-refractivity contribution in [3.8, 4) is 11.5 Å². The second-order valence-electron chi connectivity index (χ2n) is 3.90. The maximum absolute atomic E-state index is 5.41. The number of para-hydroxylation sites is 1. The fraction of sp³-hybridized carbons (Fsp3) is 0.143. The fourth-order valence-electron chi connectivity index (χ4n) is 2.00. The summed E-state index contributed by atoms with van der Waals surface area (Å²) >= 11 is 1.70. The molecule has 92 valence electrons. The lowest BCUT2D eigenvalue weighted by molar-refractivity contribution is 0.396. The Morgan fingerprint density at radius 2 is 1.67 bits per heavy atom. The molecule has 1 aliphatic heterocycles. The summed E-state index contributed by atoms with van der Waals surface area (Å²) in [4.78, 5) is 2.26. The number of benzene rings is 2.